The van der Waals surface area contributed by atoms with Crippen LogP contribution < -0.4 is 5.73 Å². The molecule has 0 spiro atoms. The topological polar surface area (TPSA) is 52.3 Å². The standard InChI is InChI=1S/C12H13ClF3NO2.ClH/c1-3-19-11(18)12(15,16)10(17)8-7(13)5-4-6(2)9(8)14;/h4-5,10H,3,17H2,1-2H3;1H/t10-;/m1./s1. The van der Waals surface area contributed by atoms with Crippen molar-refractivity contribution in [2.24, 2.45) is 5.73 Å². The lowest BCUT2D eigenvalue weighted by Crippen LogP contribution is -2.42. The molecule has 8 heteroatoms. The summed E-state index contributed by atoms with van der Waals surface area (Å²) in [5.74, 6) is -6.82. The zero-order chi connectivity index (χ0) is 14.8. The zero-order valence-electron chi connectivity index (χ0n) is 10.8. The number of halogens is 5. The fourth-order valence-corrected chi connectivity index (χ4v) is 1.76. The maximum Gasteiger partial charge on any atom is 0.379 e. The molecule has 1 aromatic rings. The van der Waals surface area contributed by atoms with Crippen LogP contribution in [0.3, 0.4) is 0 Å². The zero-order valence-corrected chi connectivity index (χ0v) is 12.3. The maximum absolute atomic E-state index is 13.8. The number of carbonyl (C=O) groups is 1. The van der Waals surface area contributed by atoms with Crippen LogP contribution in [-0.2, 0) is 9.53 Å². The number of esters is 1. The Balaban J connectivity index is 0.00000361. The van der Waals surface area contributed by atoms with Gasteiger partial charge in [-0.1, -0.05) is 17.7 Å². The Morgan fingerprint density at radius 2 is 2.05 bits per heavy atom. The van der Waals surface area contributed by atoms with Crippen LogP contribution >= 0.6 is 24.0 Å². The lowest BCUT2D eigenvalue weighted by Gasteiger charge is -2.23. The summed E-state index contributed by atoms with van der Waals surface area (Å²) in [5, 5.41) is -0.264. The van der Waals surface area contributed by atoms with E-state index in [0.29, 0.717) is 0 Å². The van der Waals surface area contributed by atoms with Crippen molar-refractivity contribution < 1.29 is 22.7 Å². The summed E-state index contributed by atoms with van der Waals surface area (Å²) in [5.41, 5.74) is 4.81. The van der Waals surface area contributed by atoms with E-state index in [0.717, 1.165) is 0 Å². The molecule has 0 saturated carbocycles. The highest BCUT2D eigenvalue weighted by Crippen LogP contribution is 2.36. The van der Waals surface area contributed by atoms with Crippen LogP contribution in [0.4, 0.5) is 13.2 Å². The van der Waals surface area contributed by atoms with Crippen molar-refractivity contribution in [3.63, 3.8) is 0 Å². The lowest BCUT2D eigenvalue weighted by molar-refractivity contribution is -0.174. The van der Waals surface area contributed by atoms with Gasteiger partial charge in [-0.25, -0.2) is 9.18 Å². The van der Waals surface area contributed by atoms with E-state index in [2.05, 4.69) is 4.74 Å². The quantitative estimate of drug-likeness (QED) is 0.860. The lowest BCUT2D eigenvalue weighted by atomic mass is 9.98. The summed E-state index contributed by atoms with van der Waals surface area (Å²) in [6.07, 6.45) is 0. The molecule has 0 amide bonds. The molecule has 3 nitrogen and oxygen atoms in total. The van der Waals surface area contributed by atoms with Crippen molar-refractivity contribution in [1.82, 2.24) is 0 Å². The molecule has 0 heterocycles. The number of rotatable bonds is 4. The summed E-state index contributed by atoms with van der Waals surface area (Å²) in [6, 6.07) is 0.367. The number of ether oxygens (including phenoxy) is 1. The third-order valence-corrected chi connectivity index (χ3v) is 2.90. The number of hydrogen-bond donors (Lipinski definition) is 1. The molecule has 0 unspecified atom stereocenters. The van der Waals surface area contributed by atoms with Gasteiger partial charge in [-0.2, -0.15) is 8.78 Å². The molecule has 0 aliphatic rings. The molecule has 1 atom stereocenters. The summed E-state index contributed by atoms with van der Waals surface area (Å²) in [4.78, 5) is 11.2. The van der Waals surface area contributed by atoms with Gasteiger partial charge in [0.15, 0.2) is 0 Å². The number of carbonyl (C=O) groups excluding carboxylic acids is 1. The fraction of sp³-hybridized carbons (Fsp3) is 0.417. The predicted molar refractivity (Wildman–Crippen MR) is 71.9 cm³/mol. The van der Waals surface area contributed by atoms with Crippen molar-refractivity contribution >= 4 is 30.0 Å². The molecule has 0 radical (unpaired) electrons. The van der Waals surface area contributed by atoms with Gasteiger partial charge in [0, 0.05) is 10.6 Å². The van der Waals surface area contributed by atoms with Gasteiger partial charge in [0.05, 0.1) is 6.61 Å². The molecule has 0 aromatic heterocycles. The highest BCUT2D eigenvalue weighted by Gasteiger charge is 2.49. The van der Waals surface area contributed by atoms with Crippen molar-refractivity contribution in [2.75, 3.05) is 6.61 Å². The normalized spacial score (nSPS) is 12.6. The molecule has 0 fully saturated rings. The molecule has 20 heavy (non-hydrogen) atoms. The van der Waals surface area contributed by atoms with Crippen molar-refractivity contribution in [1.29, 1.82) is 0 Å². The first kappa shape index (κ1) is 19.0. The van der Waals surface area contributed by atoms with Gasteiger partial charge in [0.2, 0.25) is 0 Å². The average molecular weight is 332 g/mol. The van der Waals surface area contributed by atoms with Crippen molar-refractivity contribution in [3.05, 3.63) is 34.1 Å². The minimum atomic E-state index is -4.06. The Kier molecular flexibility index (Phi) is 6.80. The van der Waals surface area contributed by atoms with Crippen molar-refractivity contribution in [2.45, 2.75) is 25.8 Å². The van der Waals surface area contributed by atoms with E-state index in [-0.39, 0.29) is 29.6 Å². The number of alkyl halides is 2. The van der Waals surface area contributed by atoms with Crippen LogP contribution in [0.5, 0.6) is 0 Å². The molecular weight excluding hydrogens is 318 g/mol. The second-order valence-electron chi connectivity index (χ2n) is 3.91. The molecule has 2 N–H and O–H groups in total. The molecule has 0 bridgehead atoms. The summed E-state index contributed by atoms with van der Waals surface area (Å²) in [7, 11) is 0. The molecule has 1 aromatic carbocycles. The highest BCUT2D eigenvalue weighted by atomic mass is 35.5. The van der Waals surface area contributed by atoms with E-state index in [1.165, 1.54) is 26.0 Å². The van der Waals surface area contributed by atoms with Crippen LogP contribution in [0.25, 0.3) is 0 Å². The summed E-state index contributed by atoms with van der Waals surface area (Å²) in [6.45, 7) is 2.52. The van der Waals surface area contributed by atoms with Gasteiger partial charge < -0.3 is 10.5 Å². The van der Waals surface area contributed by atoms with Crippen LogP contribution in [0.15, 0.2) is 12.1 Å². The third kappa shape index (κ3) is 3.56. The van der Waals surface area contributed by atoms with Crippen LogP contribution in [0.1, 0.15) is 24.1 Å². The second-order valence-corrected chi connectivity index (χ2v) is 4.32. The van der Waals surface area contributed by atoms with E-state index in [4.69, 9.17) is 17.3 Å². The molecular formula is C12H14Cl2F3NO2. The van der Waals surface area contributed by atoms with Crippen molar-refractivity contribution in [3.8, 4) is 0 Å². The number of aryl methyl sites for hydroxylation is 1. The van der Waals surface area contributed by atoms with Gasteiger partial charge >= 0.3 is 11.9 Å². The minimum absolute atomic E-state index is 0. The molecule has 0 aliphatic carbocycles. The van der Waals surface area contributed by atoms with E-state index in [1.54, 1.807) is 0 Å². The Labute approximate surface area is 125 Å². The Bertz CT molecular complexity index is 498. The van der Waals surface area contributed by atoms with Crippen LogP contribution in [0, 0.1) is 12.7 Å². The van der Waals surface area contributed by atoms with E-state index < -0.39 is 29.3 Å². The van der Waals surface area contributed by atoms with Crippen LogP contribution in [0.2, 0.25) is 5.02 Å². The number of hydrogen-bond acceptors (Lipinski definition) is 3. The van der Waals surface area contributed by atoms with Crippen LogP contribution in [-0.4, -0.2) is 18.5 Å². The third-order valence-electron chi connectivity index (χ3n) is 2.57. The molecule has 1 rings (SSSR count). The van der Waals surface area contributed by atoms with Gasteiger partial charge in [-0.3, -0.25) is 0 Å². The van der Waals surface area contributed by atoms with E-state index >= 15 is 0 Å². The molecule has 0 saturated heterocycles. The largest absolute Gasteiger partial charge is 0.462 e. The smallest absolute Gasteiger partial charge is 0.379 e. The molecule has 114 valence electrons. The Morgan fingerprint density at radius 1 is 1.50 bits per heavy atom. The first-order chi connectivity index (χ1) is 8.73. The van der Waals surface area contributed by atoms with E-state index in [9.17, 15) is 18.0 Å². The minimum Gasteiger partial charge on any atom is -0.462 e. The first-order valence-electron chi connectivity index (χ1n) is 5.48. The van der Waals surface area contributed by atoms with Gasteiger partial charge in [-0.15, -0.1) is 12.4 Å². The summed E-state index contributed by atoms with van der Waals surface area (Å²) >= 11 is 5.68. The van der Waals surface area contributed by atoms with Gasteiger partial charge in [0.1, 0.15) is 11.9 Å². The predicted octanol–water partition coefficient (Wildman–Crippen LogP) is 3.41. The fourth-order valence-electron chi connectivity index (χ4n) is 1.50. The average Bonchev–Trinajstić information content (AvgIpc) is 2.34. The first-order valence-corrected chi connectivity index (χ1v) is 5.86. The van der Waals surface area contributed by atoms with E-state index in [1.807, 2.05) is 0 Å². The number of benzene rings is 1. The number of nitrogens with two attached hydrogens (primary N) is 1. The SMILES string of the molecule is CCOC(=O)C(F)(F)[C@H](N)c1c(Cl)ccc(C)c1F.Cl. The monoisotopic (exact) mass is 331 g/mol. The molecule has 0 aliphatic heterocycles. The van der Waals surface area contributed by atoms with Gasteiger partial charge in [0.25, 0.3) is 0 Å². The second kappa shape index (κ2) is 7.15. The Hall–Kier alpha value is -0.980. The Morgan fingerprint density at radius 3 is 2.55 bits per heavy atom. The maximum atomic E-state index is 13.8. The van der Waals surface area contributed by atoms with Gasteiger partial charge in [-0.05, 0) is 25.5 Å². The highest BCUT2D eigenvalue weighted by molar-refractivity contribution is 6.31. The summed E-state index contributed by atoms with van der Waals surface area (Å²) < 4.78 is 45.6.